The number of esters is 1. The van der Waals surface area contributed by atoms with Crippen molar-refractivity contribution in [1.82, 2.24) is 5.32 Å². The Morgan fingerprint density at radius 2 is 2.27 bits per heavy atom. The Labute approximate surface area is 92.6 Å². The fourth-order valence-corrected chi connectivity index (χ4v) is 2.29. The van der Waals surface area contributed by atoms with Crippen LogP contribution < -0.4 is 5.32 Å². The number of ether oxygens (including phenoxy) is 1. The van der Waals surface area contributed by atoms with Crippen LogP contribution in [0, 0.1) is 5.41 Å². The maximum Gasteiger partial charge on any atom is 0.307 e. The molecular formula is C12H23NO2. The van der Waals surface area contributed by atoms with Gasteiger partial charge in [-0.25, -0.2) is 0 Å². The summed E-state index contributed by atoms with van der Waals surface area (Å²) in [4.78, 5) is 11.1. The van der Waals surface area contributed by atoms with Crippen molar-refractivity contribution in [3.05, 3.63) is 0 Å². The van der Waals surface area contributed by atoms with Gasteiger partial charge in [0.2, 0.25) is 0 Å². The third kappa shape index (κ3) is 3.82. The van der Waals surface area contributed by atoms with E-state index >= 15 is 0 Å². The maximum atomic E-state index is 11.1. The third-order valence-electron chi connectivity index (χ3n) is 3.28. The van der Waals surface area contributed by atoms with Crippen molar-refractivity contribution < 1.29 is 9.53 Å². The topological polar surface area (TPSA) is 38.3 Å². The second-order valence-electron chi connectivity index (χ2n) is 4.94. The number of nitrogens with one attached hydrogen (secondary N) is 1. The zero-order chi connectivity index (χ0) is 11.3. The normalized spacial score (nSPS) is 24.1. The molecule has 0 saturated heterocycles. The molecule has 1 saturated carbocycles. The number of carbonyl (C=O) groups is 1. The van der Waals surface area contributed by atoms with Crippen LogP contribution in [0.25, 0.3) is 0 Å². The monoisotopic (exact) mass is 213 g/mol. The molecule has 0 bridgehead atoms. The first-order valence-corrected chi connectivity index (χ1v) is 5.95. The van der Waals surface area contributed by atoms with E-state index in [1.54, 1.807) is 0 Å². The van der Waals surface area contributed by atoms with Gasteiger partial charge in [0.25, 0.3) is 0 Å². The van der Waals surface area contributed by atoms with Crippen molar-refractivity contribution in [3.8, 4) is 0 Å². The van der Waals surface area contributed by atoms with E-state index in [0.29, 0.717) is 24.5 Å². The van der Waals surface area contributed by atoms with E-state index in [4.69, 9.17) is 4.74 Å². The zero-order valence-corrected chi connectivity index (χ0v) is 10.1. The van der Waals surface area contributed by atoms with Crippen molar-refractivity contribution in [3.63, 3.8) is 0 Å². The summed E-state index contributed by atoms with van der Waals surface area (Å²) in [5.74, 6) is -0.0965. The fourth-order valence-electron chi connectivity index (χ4n) is 2.29. The highest BCUT2D eigenvalue weighted by Gasteiger charge is 2.33. The molecule has 3 nitrogen and oxygen atoms in total. The van der Waals surface area contributed by atoms with Crippen LogP contribution in [0.3, 0.4) is 0 Å². The Balaban J connectivity index is 2.17. The highest BCUT2D eigenvalue weighted by atomic mass is 16.5. The Hall–Kier alpha value is -0.570. The van der Waals surface area contributed by atoms with Gasteiger partial charge < -0.3 is 10.1 Å². The van der Waals surface area contributed by atoms with Crippen LogP contribution in [0.15, 0.2) is 0 Å². The molecule has 0 radical (unpaired) electrons. The lowest BCUT2D eigenvalue weighted by Crippen LogP contribution is -2.38. The van der Waals surface area contributed by atoms with Gasteiger partial charge in [-0.1, -0.05) is 20.3 Å². The average molecular weight is 213 g/mol. The maximum absolute atomic E-state index is 11.1. The Morgan fingerprint density at radius 1 is 1.53 bits per heavy atom. The molecule has 88 valence electrons. The van der Waals surface area contributed by atoms with Crippen LogP contribution in [0.5, 0.6) is 0 Å². The molecule has 1 aliphatic carbocycles. The van der Waals surface area contributed by atoms with Crippen molar-refractivity contribution in [1.29, 1.82) is 0 Å². The van der Waals surface area contributed by atoms with Gasteiger partial charge in [0.05, 0.1) is 13.0 Å². The smallest absolute Gasteiger partial charge is 0.307 e. The average Bonchev–Trinajstić information content (AvgIpc) is 2.46. The van der Waals surface area contributed by atoms with Gasteiger partial charge in [-0.05, 0) is 25.2 Å². The summed E-state index contributed by atoms with van der Waals surface area (Å²) in [5, 5.41) is 3.46. The molecule has 0 aliphatic heterocycles. The predicted molar refractivity (Wildman–Crippen MR) is 60.7 cm³/mol. The Bertz CT molecular complexity index is 214. The van der Waals surface area contributed by atoms with Crippen LogP contribution >= 0.6 is 0 Å². The van der Waals surface area contributed by atoms with Gasteiger partial charge in [-0.15, -0.1) is 0 Å². The standard InChI is InChI=1S/C12H23NO2/c1-4-15-11(14)7-9-13-10-6-5-8-12(10,2)3/h10,13H,4-9H2,1-3H3. The van der Waals surface area contributed by atoms with E-state index in [1.807, 2.05) is 6.92 Å². The summed E-state index contributed by atoms with van der Waals surface area (Å²) in [5.41, 5.74) is 0.384. The highest BCUT2D eigenvalue weighted by molar-refractivity contribution is 5.69. The van der Waals surface area contributed by atoms with Crippen LogP contribution in [0.4, 0.5) is 0 Å². The molecule has 0 aromatic heterocycles. The molecular weight excluding hydrogens is 190 g/mol. The van der Waals surface area contributed by atoms with Gasteiger partial charge in [0.15, 0.2) is 0 Å². The second-order valence-corrected chi connectivity index (χ2v) is 4.94. The van der Waals surface area contributed by atoms with E-state index in [0.717, 1.165) is 6.54 Å². The van der Waals surface area contributed by atoms with Crippen LogP contribution in [0.1, 0.15) is 46.5 Å². The first-order valence-electron chi connectivity index (χ1n) is 5.95. The molecule has 15 heavy (non-hydrogen) atoms. The lowest BCUT2D eigenvalue weighted by molar-refractivity contribution is -0.143. The first kappa shape index (κ1) is 12.5. The summed E-state index contributed by atoms with van der Waals surface area (Å²) < 4.78 is 4.88. The molecule has 0 spiro atoms. The molecule has 1 fully saturated rings. The van der Waals surface area contributed by atoms with Gasteiger partial charge in [-0.2, -0.15) is 0 Å². The zero-order valence-electron chi connectivity index (χ0n) is 10.1. The van der Waals surface area contributed by atoms with Crippen LogP contribution in [-0.2, 0) is 9.53 Å². The molecule has 0 heterocycles. The Kier molecular flexibility index (Phi) is 4.58. The number of rotatable bonds is 5. The molecule has 1 N–H and O–H groups in total. The molecule has 1 aliphatic rings. The number of hydrogen-bond donors (Lipinski definition) is 1. The summed E-state index contributed by atoms with van der Waals surface area (Å²) >= 11 is 0. The minimum atomic E-state index is -0.0965. The van der Waals surface area contributed by atoms with Crippen LogP contribution in [-0.4, -0.2) is 25.2 Å². The quantitative estimate of drug-likeness (QED) is 0.711. The minimum Gasteiger partial charge on any atom is -0.466 e. The number of hydrogen-bond acceptors (Lipinski definition) is 3. The third-order valence-corrected chi connectivity index (χ3v) is 3.28. The van der Waals surface area contributed by atoms with Crippen molar-refractivity contribution in [2.45, 2.75) is 52.5 Å². The SMILES string of the molecule is CCOC(=O)CCNC1CCCC1(C)C. The van der Waals surface area contributed by atoms with Crippen molar-refractivity contribution in [2.75, 3.05) is 13.2 Å². The van der Waals surface area contributed by atoms with Crippen molar-refractivity contribution in [2.24, 2.45) is 5.41 Å². The predicted octanol–water partition coefficient (Wildman–Crippen LogP) is 2.11. The van der Waals surface area contributed by atoms with E-state index in [9.17, 15) is 4.79 Å². The van der Waals surface area contributed by atoms with Gasteiger partial charge in [-0.3, -0.25) is 4.79 Å². The van der Waals surface area contributed by atoms with E-state index < -0.39 is 0 Å². The molecule has 0 amide bonds. The lowest BCUT2D eigenvalue weighted by Gasteiger charge is -2.27. The summed E-state index contributed by atoms with van der Waals surface area (Å²) in [6, 6.07) is 0.562. The summed E-state index contributed by atoms with van der Waals surface area (Å²) in [6.07, 6.45) is 4.30. The van der Waals surface area contributed by atoms with Crippen LogP contribution in [0.2, 0.25) is 0 Å². The fraction of sp³-hybridized carbons (Fsp3) is 0.917. The number of carbonyl (C=O) groups excluding carboxylic acids is 1. The van der Waals surface area contributed by atoms with E-state index in [1.165, 1.54) is 19.3 Å². The second kappa shape index (κ2) is 5.50. The summed E-state index contributed by atoms with van der Waals surface area (Å²) in [7, 11) is 0. The van der Waals surface area contributed by atoms with E-state index in [2.05, 4.69) is 19.2 Å². The molecule has 3 heteroatoms. The molecule has 0 aromatic carbocycles. The molecule has 1 rings (SSSR count). The van der Waals surface area contributed by atoms with E-state index in [-0.39, 0.29) is 5.97 Å². The molecule has 1 atom stereocenters. The van der Waals surface area contributed by atoms with Gasteiger partial charge >= 0.3 is 5.97 Å². The highest BCUT2D eigenvalue weighted by Crippen LogP contribution is 2.36. The Morgan fingerprint density at radius 3 is 2.80 bits per heavy atom. The van der Waals surface area contributed by atoms with Gasteiger partial charge in [0, 0.05) is 12.6 Å². The summed E-state index contributed by atoms with van der Waals surface area (Å²) in [6.45, 7) is 7.65. The molecule has 1 unspecified atom stereocenters. The van der Waals surface area contributed by atoms with Gasteiger partial charge in [0.1, 0.15) is 0 Å². The minimum absolute atomic E-state index is 0.0965. The lowest BCUT2D eigenvalue weighted by atomic mass is 9.87. The molecule has 0 aromatic rings. The largest absolute Gasteiger partial charge is 0.466 e. The first-order chi connectivity index (χ1) is 7.06. The van der Waals surface area contributed by atoms with Crippen molar-refractivity contribution >= 4 is 5.97 Å².